The Kier molecular flexibility index (Phi) is 17.6. The Hall–Kier alpha value is -0.320. The molecule has 0 aromatic heterocycles. The van der Waals surface area contributed by atoms with E-state index in [1.807, 2.05) is 0 Å². The van der Waals surface area contributed by atoms with Crippen molar-refractivity contribution in [2.75, 3.05) is 0 Å². The molecule has 4 nitrogen and oxygen atoms in total. The van der Waals surface area contributed by atoms with Crippen molar-refractivity contribution >= 4 is 11.9 Å². The van der Waals surface area contributed by atoms with Gasteiger partial charge in [0.1, 0.15) is 0 Å². The number of carboxylic acids is 2. The van der Waals surface area contributed by atoms with Gasteiger partial charge in [-0.2, -0.15) is 0 Å². The number of hydrogen-bond donors (Lipinski definition) is 2. The smallest absolute Gasteiger partial charge is 1.00 e. The molecule has 5 heteroatoms. The number of hydrogen-bond acceptors (Lipinski definition) is 2. The first-order valence-electron chi connectivity index (χ1n) is 7.74. The molecule has 0 aliphatic heterocycles. The fraction of sp³-hybridized carbons (Fsp3) is 0.750. The van der Waals surface area contributed by atoms with Crippen LogP contribution in [-0.2, 0) is 9.59 Å². The van der Waals surface area contributed by atoms with Crippen molar-refractivity contribution in [3.63, 3.8) is 0 Å². The normalized spacial score (nSPS) is 11.0. The van der Waals surface area contributed by atoms with Gasteiger partial charge < -0.3 is 11.6 Å². The molecule has 0 atom stereocenters. The molecule has 0 saturated heterocycles. The van der Waals surface area contributed by atoms with Crippen LogP contribution in [0.1, 0.15) is 79.0 Å². The van der Waals surface area contributed by atoms with Crippen molar-refractivity contribution in [3.05, 3.63) is 11.6 Å². The van der Waals surface area contributed by atoms with Gasteiger partial charge in [-0.05, 0) is 12.8 Å². The van der Waals surface area contributed by atoms with E-state index in [0.29, 0.717) is 6.42 Å². The van der Waals surface area contributed by atoms with E-state index < -0.39 is 11.9 Å². The number of unbranched alkanes of at least 4 members (excludes halogenated alkanes) is 9. The summed E-state index contributed by atoms with van der Waals surface area (Å²) in [6.45, 7) is 2.21. The van der Waals surface area contributed by atoms with Crippen LogP contribution in [0.3, 0.4) is 0 Å². The van der Waals surface area contributed by atoms with Crippen molar-refractivity contribution in [1.82, 2.24) is 0 Å². The average molecular weight is 308 g/mol. The Morgan fingerprint density at radius 3 is 1.67 bits per heavy atom. The van der Waals surface area contributed by atoms with Gasteiger partial charge in [0.25, 0.3) is 0 Å². The molecule has 0 spiro atoms. The molecule has 0 aromatic rings. The first kappa shape index (κ1) is 23.0. The molecule has 2 N–H and O–H groups in total. The maximum atomic E-state index is 10.8. The maximum Gasteiger partial charge on any atom is 1.00 e. The maximum absolute atomic E-state index is 10.8. The fourth-order valence-electron chi connectivity index (χ4n) is 2.19. The molecule has 0 saturated carbocycles. The second kappa shape index (κ2) is 16.1. The first-order valence-corrected chi connectivity index (χ1v) is 7.74. The van der Waals surface area contributed by atoms with Crippen molar-refractivity contribution < 1.29 is 50.8 Å². The first-order chi connectivity index (χ1) is 9.57. The van der Waals surface area contributed by atoms with E-state index in [0.717, 1.165) is 25.3 Å². The summed E-state index contributed by atoms with van der Waals surface area (Å²) in [5.41, 5.74) is -0.00272. The molecule has 21 heavy (non-hydrogen) atoms. The summed E-state index contributed by atoms with van der Waals surface area (Å²) in [6.07, 6.45) is 13.0. The quantitative estimate of drug-likeness (QED) is 0.307. The molecule has 0 rings (SSSR count). The number of carbonyl (C=O) groups is 2. The van der Waals surface area contributed by atoms with Crippen LogP contribution >= 0.6 is 0 Å². The zero-order valence-corrected chi connectivity index (χ0v) is 15.6. The largest absolute Gasteiger partial charge is 1.00 e. The topological polar surface area (TPSA) is 74.6 Å². The van der Waals surface area contributed by atoms with Gasteiger partial charge >= 0.3 is 41.5 Å². The Bertz CT molecular complexity index is 319. The van der Waals surface area contributed by atoms with E-state index in [1.165, 1.54) is 44.9 Å². The van der Waals surface area contributed by atoms with Crippen LogP contribution in [0.2, 0.25) is 0 Å². The van der Waals surface area contributed by atoms with Crippen LogP contribution in [-0.4, -0.2) is 22.2 Å². The predicted molar refractivity (Wildman–Crippen MR) is 80.9 cm³/mol. The van der Waals surface area contributed by atoms with E-state index in [-0.39, 0.29) is 36.6 Å². The summed E-state index contributed by atoms with van der Waals surface area (Å²) < 4.78 is 0. The van der Waals surface area contributed by atoms with E-state index in [9.17, 15) is 9.59 Å². The van der Waals surface area contributed by atoms with Crippen molar-refractivity contribution in [2.24, 2.45) is 0 Å². The van der Waals surface area contributed by atoms with Crippen LogP contribution in [0.15, 0.2) is 11.6 Å². The second-order valence-electron chi connectivity index (χ2n) is 5.24. The van der Waals surface area contributed by atoms with E-state index in [1.54, 1.807) is 0 Å². The number of carboxylic acid groups (broad SMARTS) is 2. The second-order valence-corrected chi connectivity index (χ2v) is 5.24. The summed E-state index contributed by atoms with van der Waals surface area (Å²) in [7, 11) is 0. The molecule has 0 aliphatic carbocycles. The van der Waals surface area contributed by atoms with E-state index in [4.69, 9.17) is 10.2 Å². The van der Waals surface area contributed by atoms with E-state index >= 15 is 0 Å². The monoisotopic (exact) mass is 308 g/mol. The van der Waals surface area contributed by atoms with Gasteiger partial charge in [0.2, 0.25) is 0 Å². The standard InChI is InChI=1S/C16H28O4.Na.H/c1-2-3-4-5-6-7-8-9-10-11-12-14(16(19)20)13-15(17)18;;/h13H,2-12H2,1H3,(H,17,18)(H,19,20);;/q;+1;-1/b14-13-;;. The van der Waals surface area contributed by atoms with Gasteiger partial charge in [-0.15, -0.1) is 0 Å². The average Bonchev–Trinajstić information content (AvgIpc) is 2.39. The SMILES string of the molecule is CCCCCCCCCCCC/C(=C/C(=O)O)C(=O)O.[H-].[Na+]. The summed E-state index contributed by atoms with van der Waals surface area (Å²) in [6, 6.07) is 0. The summed E-state index contributed by atoms with van der Waals surface area (Å²) in [5.74, 6) is -2.31. The summed E-state index contributed by atoms with van der Waals surface area (Å²) in [5, 5.41) is 17.4. The third-order valence-corrected chi connectivity index (χ3v) is 3.37. The molecule has 118 valence electrons. The van der Waals surface area contributed by atoms with Gasteiger partial charge in [0.05, 0.1) is 0 Å². The Morgan fingerprint density at radius 1 is 0.857 bits per heavy atom. The molecule has 0 amide bonds. The number of aliphatic carboxylic acids is 2. The van der Waals surface area contributed by atoms with Crippen LogP contribution in [0.25, 0.3) is 0 Å². The molecule has 0 heterocycles. The molecule has 0 unspecified atom stereocenters. The van der Waals surface area contributed by atoms with Crippen LogP contribution in [0.5, 0.6) is 0 Å². The van der Waals surface area contributed by atoms with Gasteiger partial charge in [-0.1, -0.05) is 64.7 Å². The number of rotatable bonds is 13. The zero-order chi connectivity index (χ0) is 15.2. The van der Waals surface area contributed by atoms with Gasteiger partial charge in [0, 0.05) is 11.6 Å². The minimum absolute atomic E-state index is 0. The molecule has 0 radical (unpaired) electrons. The summed E-state index contributed by atoms with van der Waals surface area (Å²) in [4.78, 5) is 21.3. The molecular formula is C16H29NaO4. The fourth-order valence-corrected chi connectivity index (χ4v) is 2.19. The Balaban J connectivity index is -0.00000180. The third-order valence-electron chi connectivity index (χ3n) is 3.37. The third kappa shape index (κ3) is 15.9. The Labute approximate surface area is 151 Å². The molecular weight excluding hydrogens is 279 g/mol. The molecule has 0 aromatic carbocycles. The van der Waals surface area contributed by atoms with Crippen molar-refractivity contribution in [3.8, 4) is 0 Å². The van der Waals surface area contributed by atoms with Crippen LogP contribution < -0.4 is 29.6 Å². The van der Waals surface area contributed by atoms with Crippen molar-refractivity contribution in [1.29, 1.82) is 0 Å². The minimum atomic E-state index is -1.19. The van der Waals surface area contributed by atoms with Crippen LogP contribution in [0.4, 0.5) is 0 Å². The zero-order valence-electron chi connectivity index (χ0n) is 14.6. The Morgan fingerprint density at radius 2 is 1.29 bits per heavy atom. The van der Waals surface area contributed by atoms with Gasteiger partial charge in [-0.3, -0.25) is 0 Å². The predicted octanol–water partition coefficient (Wildman–Crippen LogP) is 1.51. The summed E-state index contributed by atoms with van der Waals surface area (Å²) >= 11 is 0. The molecule has 0 fully saturated rings. The minimum Gasteiger partial charge on any atom is -1.00 e. The van der Waals surface area contributed by atoms with Gasteiger partial charge in [0.15, 0.2) is 0 Å². The van der Waals surface area contributed by atoms with E-state index in [2.05, 4.69) is 6.92 Å². The molecule has 0 aliphatic rings. The van der Waals surface area contributed by atoms with Crippen LogP contribution in [0, 0.1) is 0 Å². The van der Waals surface area contributed by atoms with Gasteiger partial charge in [-0.25, -0.2) is 9.59 Å². The molecule has 0 bridgehead atoms. The van der Waals surface area contributed by atoms with Crippen molar-refractivity contribution in [2.45, 2.75) is 77.6 Å².